The summed E-state index contributed by atoms with van der Waals surface area (Å²) in [6.07, 6.45) is 1.78. The normalized spacial score (nSPS) is 14.4. The van der Waals surface area contributed by atoms with Gasteiger partial charge in [-0.15, -0.1) is 0 Å². The highest BCUT2D eigenvalue weighted by molar-refractivity contribution is 6.32. The van der Waals surface area contributed by atoms with Crippen LogP contribution >= 0.6 is 11.6 Å². The number of rotatable bonds is 4. The molecule has 1 aliphatic heterocycles. The van der Waals surface area contributed by atoms with Crippen LogP contribution in [0.2, 0.25) is 5.15 Å². The number of halogens is 1. The zero-order valence-electron chi connectivity index (χ0n) is 15.1. The van der Waals surface area contributed by atoms with Crippen molar-refractivity contribution in [1.29, 1.82) is 0 Å². The van der Waals surface area contributed by atoms with Crippen molar-refractivity contribution in [2.75, 3.05) is 13.2 Å². The van der Waals surface area contributed by atoms with E-state index in [1.165, 1.54) is 0 Å². The third-order valence-electron chi connectivity index (χ3n) is 4.58. The summed E-state index contributed by atoms with van der Waals surface area (Å²) in [4.78, 5) is 17.3. The molecule has 0 saturated heterocycles. The number of ether oxygens (including phenoxy) is 2. The van der Waals surface area contributed by atoms with E-state index in [4.69, 9.17) is 21.1 Å². The fraction of sp³-hybridized carbons (Fsp3) is 0.300. The van der Waals surface area contributed by atoms with Crippen LogP contribution in [0, 0.1) is 5.92 Å². The topological polar surface area (TPSA) is 64.9 Å². The largest absolute Gasteiger partial charge is 0.486 e. The molecule has 0 fully saturated rings. The number of fused-ring (bicyclic) bond motifs is 2. The minimum atomic E-state index is -0.271. The molecule has 3 aromatic rings. The van der Waals surface area contributed by atoms with Gasteiger partial charge in [-0.3, -0.25) is 9.20 Å². The number of nitrogens with zero attached hydrogens (tertiary/aromatic N) is 2. The monoisotopic (exact) mass is 385 g/mol. The predicted octanol–water partition coefficient (Wildman–Crippen LogP) is 3.89. The number of nitrogens with one attached hydrogen (secondary N) is 1. The molecule has 1 N–H and O–H groups in total. The Morgan fingerprint density at radius 1 is 1.19 bits per heavy atom. The van der Waals surface area contributed by atoms with Crippen LogP contribution in [-0.2, 0) is 0 Å². The Morgan fingerprint density at radius 3 is 2.74 bits per heavy atom. The highest BCUT2D eigenvalue weighted by atomic mass is 35.5. The van der Waals surface area contributed by atoms with Crippen molar-refractivity contribution in [3.05, 3.63) is 59.0 Å². The maximum atomic E-state index is 13.0. The fourth-order valence-corrected chi connectivity index (χ4v) is 3.53. The number of imidazole rings is 1. The third-order valence-corrected chi connectivity index (χ3v) is 4.84. The lowest BCUT2D eigenvalue weighted by atomic mass is 9.95. The highest BCUT2D eigenvalue weighted by Gasteiger charge is 2.25. The lowest BCUT2D eigenvalue weighted by Crippen LogP contribution is -2.32. The maximum absolute atomic E-state index is 13.0. The van der Waals surface area contributed by atoms with Crippen LogP contribution in [0.3, 0.4) is 0 Å². The highest BCUT2D eigenvalue weighted by Crippen LogP contribution is 2.34. The maximum Gasteiger partial charge on any atom is 0.272 e. The molecule has 0 radical (unpaired) electrons. The van der Waals surface area contributed by atoms with Crippen molar-refractivity contribution < 1.29 is 14.3 Å². The number of hydrogen-bond donors (Lipinski definition) is 1. The van der Waals surface area contributed by atoms with Gasteiger partial charge in [0.1, 0.15) is 18.9 Å². The quantitative estimate of drug-likeness (QED) is 0.740. The van der Waals surface area contributed by atoms with E-state index in [9.17, 15) is 4.79 Å². The molecule has 4 rings (SSSR count). The van der Waals surface area contributed by atoms with Crippen molar-refractivity contribution in [2.24, 2.45) is 5.92 Å². The first kappa shape index (κ1) is 17.7. The van der Waals surface area contributed by atoms with E-state index < -0.39 is 0 Å². The van der Waals surface area contributed by atoms with Crippen LogP contribution in [0.15, 0.2) is 42.6 Å². The first-order chi connectivity index (χ1) is 13.0. The zero-order chi connectivity index (χ0) is 19.0. The molecule has 1 aliphatic rings. The summed E-state index contributed by atoms with van der Waals surface area (Å²) in [6.45, 7) is 5.17. The second-order valence-corrected chi connectivity index (χ2v) is 7.14. The molecule has 0 aliphatic carbocycles. The smallest absolute Gasteiger partial charge is 0.272 e. The van der Waals surface area contributed by atoms with Gasteiger partial charge in [0.25, 0.3) is 5.91 Å². The van der Waals surface area contributed by atoms with Gasteiger partial charge in [-0.1, -0.05) is 37.6 Å². The van der Waals surface area contributed by atoms with Gasteiger partial charge in [0.2, 0.25) is 0 Å². The number of benzene rings is 1. The molecule has 6 nitrogen and oxygen atoms in total. The molecule has 1 unspecified atom stereocenters. The number of carbonyl (C=O) groups excluding carboxylic acids is 1. The fourth-order valence-electron chi connectivity index (χ4n) is 3.27. The Kier molecular flexibility index (Phi) is 4.66. The summed E-state index contributed by atoms with van der Waals surface area (Å²) in [6, 6.07) is 11.0. The second kappa shape index (κ2) is 7.12. The van der Waals surface area contributed by atoms with Crippen LogP contribution in [0.1, 0.15) is 35.9 Å². The summed E-state index contributed by atoms with van der Waals surface area (Å²) in [5.74, 6) is 1.32. The summed E-state index contributed by atoms with van der Waals surface area (Å²) in [5, 5.41) is 3.28. The van der Waals surface area contributed by atoms with E-state index >= 15 is 0 Å². The average molecular weight is 386 g/mol. The Balaban J connectivity index is 1.65. The Labute approximate surface area is 162 Å². The molecule has 0 bridgehead atoms. The number of hydrogen-bond acceptors (Lipinski definition) is 4. The van der Waals surface area contributed by atoms with Gasteiger partial charge in [-0.05, 0) is 35.7 Å². The lowest BCUT2D eigenvalue weighted by Gasteiger charge is -2.25. The van der Waals surface area contributed by atoms with Gasteiger partial charge in [-0.2, -0.15) is 0 Å². The first-order valence-corrected chi connectivity index (χ1v) is 9.25. The van der Waals surface area contributed by atoms with Crippen molar-refractivity contribution >= 4 is 23.2 Å². The van der Waals surface area contributed by atoms with Gasteiger partial charge in [-0.25, -0.2) is 4.98 Å². The summed E-state index contributed by atoms with van der Waals surface area (Å²) < 4.78 is 12.9. The zero-order valence-corrected chi connectivity index (χ0v) is 15.9. The van der Waals surface area contributed by atoms with Crippen molar-refractivity contribution in [2.45, 2.75) is 19.9 Å². The van der Waals surface area contributed by atoms with Crippen LogP contribution in [0.5, 0.6) is 11.5 Å². The summed E-state index contributed by atoms with van der Waals surface area (Å²) >= 11 is 6.24. The van der Waals surface area contributed by atoms with Gasteiger partial charge in [0.05, 0.1) is 6.04 Å². The molecule has 140 valence electrons. The van der Waals surface area contributed by atoms with Crippen molar-refractivity contribution in [1.82, 2.24) is 14.7 Å². The number of amides is 1. The Morgan fingerprint density at radius 2 is 1.96 bits per heavy atom. The standard InChI is InChI=1S/C20H20ClN3O3/c1-12(2)17(13-6-7-14-15(11-13)27-10-9-26-14)23-20(25)18-19(21)22-16-5-3-4-8-24(16)18/h3-8,11-12,17H,9-10H2,1-2H3,(H,23,25). The first-order valence-electron chi connectivity index (χ1n) is 8.87. The van der Waals surface area contributed by atoms with E-state index in [0.717, 1.165) is 11.3 Å². The Bertz CT molecular complexity index is 999. The van der Waals surface area contributed by atoms with Gasteiger partial charge in [0, 0.05) is 6.20 Å². The molecule has 1 aromatic carbocycles. The Hall–Kier alpha value is -2.73. The molecule has 7 heteroatoms. The SMILES string of the molecule is CC(C)C(NC(=O)c1c(Cl)nc2ccccn12)c1ccc2c(c1)OCCO2. The molecule has 3 heterocycles. The minimum absolute atomic E-state index is 0.162. The summed E-state index contributed by atoms with van der Waals surface area (Å²) in [5.41, 5.74) is 1.91. The van der Waals surface area contributed by atoms with E-state index in [-0.39, 0.29) is 23.0 Å². The van der Waals surface area contributed by atoms with E-state index in [2.05, 4.69) is 24.1 Å². The van der Waals surface area contributed by atoms with E-state index in [1.54, 1.807) is 10.6 Å². The average Bonchev–Trinajstić information content (AvgIpc) is 3.01. The molecular weight excluding hydrogens is 366 g/mol. The van der Waals surface area contributed by atoms with Crippen LogP contribution in [0.4, 0.5) is 0 Å². The lowest BCUT2D eigenvalue weighted by molar-refractivity contribution is 0.0919. The van der Waals surface area contributed by atoms with Crippen molar-refractivity contribution in [3.8, 4) is 11.5 Å². The third kappa shape index (κ3) is 3.32. The molecule has 0 saturated carbocycles. The van der Waals surface area contributed by atoms with Crippen LogP contribution in [0.25, 0.3) is 5.65 Å². The second-order valence-electron chi connectivity index (χ2n) is 6.78. The predicted molar refractivity (Wildman–Crippen MR) is 103 cm³/mol. The minimum Gasteiger partial charge on any atom is -0.486 e. The van der Waals surface area contributed by atoms with E-state index in [0.29, 0.717) is 30.3 Å². The number of pyridine rings is 1. The van der Waals surface area contributed by atoms with E-state index in [1.807, 2.05) is 36.4 Å². The van der Waals surface area contributed by atoms with Gasteiger partial charge >= 0.3 is 0 Å². The molecule has 1 atom stereocenters. The van der Waals surface area contributed by atoms with Gasteiger partial charge < -0.3 is 14.8 Å². The molecule has 27 heavy (non-hydrogen) atoms. The number of aromatic nitrogens is 2. The van der Waals surface area contributed by atoms with Crippen LogP contribution in [-0.4, -0.2) is 28.5 Å². The molecule has 1 amide bonds. The van der Waals surface area contributed by atoms with Crippen molar-refractivity contribution in [3.63, 3.8) is 0 Å². The molecular formula is C20H20ClN3O3. The van der Waals surface area contributed by atoms with Gasteiger partial charge in [0.15, 0.2) is 22.3 Å². The van der Waals surface area contributed by atoms with Crippen LogP contribution < -0.4 is 14.8 Å². The molecule has 2 aromatic heterocycles. The molecule has 0 spiro atoms. The summed E-state index contributed by atoms with van der Waals surface area (Å²) in [7, 11) is 0. The number of carbonyl (C=O) groups is 1.